The third-order valence-electron chi connectivity index (χ3n) is 3.90. The van der Waals surface area contributed by atoms with Crippen LogP contribution in [0.5, 0.6) is 11.5 Å². The molecule has 0 saturated carbocycles. The summed E-state index contributed by atoms with van der Waals surface area (Å²) >= 11 is 0. The zero-order valence-corrected chi connectivity index (χ0v) is 16.1. The van der Waals surface area contributed by atoms with Crippen LogP contribution in [0.1, 0.15) is 21.5 Å². The molecule has 0 radical (unpaired) electrons. The summed E-state index contributed by atoms with van der Waals surface area (Å²) in [5.74, 6) is -1.82. The molecule has 29 heavy (non-hydrogen) atoms. The van der Waals surface area contributed by atoms with Gasteiger partial charge in [0.2, 0.25) is 0 Å². The van der Waals surface area contributed by atoms with E-state index in [1.54, 1.807) is 30.3 Å². The third kappa shape index (κ3) is 5.58. The van der Waals surface area contributed by atoms with Crippen molar-refractivity contribution < 1.29 is 38.4 Å². The summed E-state index contributed by atoms with van der Waals surface area (Å²) in [6.07, 6.45) is 1.33. The van der Waals surface area contributed by atoms with Crippen molar-refractivity contribution in [3.05, 3.63) is 64.7 Å². The molecule has 8 nitrogen and oxygen atoms in total. The molecule has 0 aliphatic heterocycles. The van der Waals surface area contributed by atoms with E-state index in [0.29, 0.717) is 17.1 Å². The summed E-state index contributed by atoms with van der Waals surface area (Å²) in [6.45, 7) is 0.195. The highest BCUT2D eigenvalue weighted by Crippen LogP contribution is 2.30. The van der Waals surface area contributed by atoms with E-state index >= 15 is 0 Å². The molecule has 0 bridgehead atoms. The number of hydrogen-bond acceptors (Lipinski definition) is 7. The van der Waals surface area contributed by atoms with Gasteiger partial charge in [0.25, 0.3) is 0 Å². The van der Waals surface area contributed by atoms with Crippen LogP contribution in [0, 0.1) is 0 Å². The monoisotopic (exact) mass is 400 g/mol. The van der Waals surface area contributed by atoms with Gasteiger partial charge < -0.3 is 24.1 Å². The molecule has 2 rings (SSSR count). The van der Waals surface area contributed by atoms with Gasteiger partial charge in [-0.1, -0.05) is 18.2 Å². The summed E-state index contributed by atoms with van der Waals surface area (Å²) < 4.78 is 20.2. The van der Waals surface area contributed by atoms with Crippen molar-refractivity contribution >= 4 is 24.0 Å². The zero-order chi connectivity index (χ0) is 21.4. The van der Waals surface area contributed by atoms with Gasteiger partial charge in [0.15, 0.2) is 11.5 Å². The Kier molecular flexibility index (Phi) is 7.36. The van der Waals surface area contributed by atoms with Gasteiger partial charge in [0, 0.05) is 0 Å². The number of esters is 2. The number of carboxylic acids is 1. The van der Waals surface area contributed by atoms with Gasteiger partial charge in [-0.15, -0.1) is 0 Å². The molecule has 0 aromatic heterocycles. The summed E-state index contributed by atoms with van der Waals surface area (Å²) in [7, 11) is 3.79. The number of aromatic carboxylic acids is 1. The van der Waals surface area contributed by atoms with Gasteiger partial charge in [-0.3, -0.25) is 0 Å². The predicted molar refractivity (Wildman–Crippen MR) is 103 cm³/mol. The molecule has 0 atom stereocenters. The molecule has 0 saturated heterocycles. The molecule has 2 aromatic carbocycles. The van der Waals surface area contributed by atoms with Crippen LogP contribution in [0.4, 0.5) is 0 Å². The molecule has 152 valence electrons. The van der Waals surface area contributed by atoms with Gasteiger partial charge in [0.1, 0.15) is 12.2 Å². The van der Waals surface area contributed by atoms with Crippen molar-refractivity contribution in [2.24, 2.45) is 0 Å². The lowest BCUT2D eigenvalue weighted by molar-refractivity contribution is -0.143. The number of rotatable bonds is 8. The Bertz CT molecular complexity index is 910. The van der Waals surface area contributed by atoms with Gasteiger partial charge in [0.05, 0.1) is 26.9 Å². The van der Waals surface area contributed by atoms with Crippen LogP contribution in [-0.4, -0.2) is 44.3 Å². The normalized spacial score (nSPS) is 9.90. The van der Waals surface area contributed by atoms with Crippen molar-refractivity contribution in [2.45, 2.75) is 6.61 Å². The highest BCUT2D eigenvalue weighted by atomic mass is 16.5. The maximum atomic E-state index is 11.8. The second-order valence-corrected chi connectivity index (χ2v) is 5.74. The van der Waals surface area contributed by atoms with Crippen LogP contribution < -0.4 is 9.47 Å². The Morgan fingerprint density at radius 2 is 1.52 bits per heavy atom. The summed E-state index contributed by atoms with van der Waals surface area (Å²) in [5.41, 5.74) is 1.21. The van der Waals surface area contributed by atoms with Gasteiger partial charge >= 0.3 is 17.9 Å². The van der Waals surface area contributed by atoms with Crippen LogP contribution in [0.25, 0.3) is 6.08 Å². The highest BCUT2D eigenvalue weighted by molar-refractivity contribution is 6.17. The molecule has 0 aliphatic carbocycles. The first-order valence-corrected chi connectivity index (χ1v) is 8.41. The highest BCUT2D eigenvalue weighted by Gasteiger charge is 2.20. The maximum Gasteiger partial charge on any atom is 0.345 e. The Labute approximate surface area is 167 Å². The average molecular weight is 400 g/mol. The van der Waals surface area contributed by atoms with Crippen molar-refractivity contribution in [2.75, 3.05) is 21.3 Å². The lowest BCUT2D eigenvalue weighted by atomic mass is 10.1. The molecule has 0 heterocycles. The average Bonchev–Trinajstić information content (AvgIpc) is 2.75. The van der Waals surface area contributed by atoms with Gasteiger partial charge in [-0.25, -0.2) is 14.4 Å². The molecule has 8 heteroatoms. The smallest absolute Gasteiger partial charge is 0.345 e. The number of methoxy groups -OCH3 is 3. The van der Waals surface area contributed by atoms with Crippen LogP contribution in [0.15, 0.2) is 48.0 Å². The van der Waals surface area contributed by atoms with E-state index < -0.39 is 17.9 Å². The zero-order valence-electron chi connectivity index (χ0n) is 16.1. The van der Waals surface area contributed by atoms with E-state index in [4.69, 9.17) is 14.6 Å². The molecule has 0 aliphatic rings. The van der Waals surface area contributed by atoms with Gasteiger partial charge in [-0.2, -0.15) is 0 Å². The number of benzene rings is 2. The van der Waals surface area contributed by atoms with E-state index in [0.717, 1.165) is 5.56 Å². The minimum absolute atomic E-state index is 0.189. The van der Waals surface area contributed by atoms with Crippen LogP contribution >= 0.6 is 0 Å². The van der Waals surface area contributed by atoms with Crippen LogP contribution in [0.2, 0.25) is 0 Å². The molecular weight excluding hydrogens is 380 g/mol. The number of ether oxygens (including phenoxy) is 4. The summed E-state index contributed by atoms with van der Waals surface area (Å²) in [6, 6.07) is 11.2. The summed E-state index contributed by atoms with van der Waals surface area (Å²) in [5, 5.41) is 8.93. The number of carboxylic acid groups (broad SMARTS) is 1. The minimum Gasteiger partial charge on any atom is -0.493 e. The number of carbonyl (C=O) groups is 3. The second-order valence-electron chi connectivity index (χ2n) is 5.74. The molecule has 1 N–H and O–H groups in total. The third-order valence-corrected chi connectivity index (χ3v) is 3.90. The Morgan fingerprint density at radius 3 is 2.03 bits per heavy atom. The maximum absolute atomic E-state index is 11.8. The first kappa shape index (κ1) is 21.5. The van der Waals surface area contributed by atoms with Crippen molar-refractivity contribution in [3.63, 3.8) is 0 Å². The predicted octanol–water partition coefficient (Wildman–Crippen LogP) is 2.70. The van der Waals surface area contributed by atoms with Crippen molar-refractivity contribution in [3.8, 4) is 11.5 Å². The van der Waals surface area contributed by atoms with Crippen molar-refractivity contribution in [1.29, 1.82) is 0 Å². The fourth-order valence-corrected chi connectivity index (χ4v) is 2.39. The van der Waals surface area contributed by atoms with Crippen LogP contribution in [0.3, 0.4) is 0 Å². The van der Waals surface area contributed by atoms with Gasteiger partial charge in [-0.05, 0) is 41.5 Å². The fraction of sp³-hybridized carbons (Fsp3) is 0.190. The van der Waals surface area contributed by atoms with E-state index in [2.05, 4.69) is 9.47 Å². The fourth-order valence-electron chi connectivity index (χ4n) is 2.39. The van der Waals surface area contributed by atoms with E-state index in [-0.39, 0.29) is 17.7 Å². The minimum atomic E-state index is -0.999. The number of hydrogen-bond donors (Lipinski definition) is 1. The molecular formula is C21H20O8. The molecule has 2 aromatic rings. The van der Waals surface area contributed by atoms with Crippen molar-refractivity contribution in [1.82, 2.24) is 0 Å². The quantitative estimate of drug-likeness (QED) is 0.312. The molecule has 0 spiro atoms. The molecule has 0 fully saturated rings. The summed E-state index contributed by atoms with van der Waals surface area (Å²) in [4.78, 5) is 34.5. The number of carbonyl (C=O) groups excluding carboxylic acids is 2. The largest absolute Gasteiger partial charge is 0.493 e. The lowest BCUT2D eigenvalue weighted by Crippen LogP contribution is -2.15. The second kappa shape index (κ2) is 9.93. The molecule has 0 unspecified atom stereocenters. The SMILES string of the molecule is COC(=O)C(=Cc1ccc(OCc2ccc(C(=O)O)cc2)c(OC)c1)C(=O)OC. The lowest BCUT2D eigenvalue weighted by Gasteiger charge is -2.12. The Balaban J connectivity index is 2.21. The van der Waals surface area contributed by atoms with E-state index in [9.17, 15) is 14.4 Å². The topological polar surface area (TPSA) is 108 Å². The molecule has 0 amide bonds. The standard InChI is InChI=1S/C21H20O8/c1-26-18-11-14(10-16(20(24)27-2)21(25)28-3)6-9-17(18)29-12-13-4-7-15(8-5-13)19(22)23/h4-11H,12H2,1-3H3,(H,22,23). The van der Waals surface area contributed by atoms with E-state index in [1.807, 2.05) is 0 Å². The van der Waals surface area contributed by atoms with Crippen LogP contribution in [-0.2, 0) is 25.7 Å². The first-order valence-electron chi connectivity index (χ1n) is 8.41. The first-order chi connectivity index (χ1) is 13.9. The Morgan fingerprint density at radius 1 is 0.897 bits per heavy atom. The Hall–Kier alpha value is -3.81. The van der Waals surface area contributed by atoms with E-state index in [1.165, 1.54) is 39.5 Å².